The van der Waals surface area contributed by atoms with Gasteiger partial charge in [0.05, 0.1) is 12.7 Å². The van der Waals surface area contributed by atoms with Gasteiger partial charge in [0.25, 0.3) is 0 Å². The maximum absolute atomic E-state index is 9.92. The van der Waals surface area contributed by atoms with E-state index in [2.05, 4.69) is 6.58 Å². The molecular formula is C13H16O2. The van der Waals surface area contributed by atoms with Crippen LogP contribution in [0.25, 0.3) is 0 Å². The summed E-state index contributed by atoms with van der Waals surface area (Å²) in [4.78, 5) is 0. The standard InChI is InChI=1S/C13H16O2/c1-9(2)7-12(14)10-3-4-13-11(8-10)5-6-15-13/h3-4,8,12,14H,1,5-7H2,2H3. The van der Waals surface area contributed by atoms with Gasteiger partial charge in [-0.1, -0.05) is 11.6 Å². The number of rotatable bonds is 3. The van der Waals surface area contributed by atoms with Crippen LogP contribution in [0.5, 0.6) is 5.75 Å². The molecule has 0 saturated heterocycles. The molecule has 15 heavy (non-hydrogen) atoms. The Balaban J connectivity index is 2.19. The third-order valence-corrected chi connectivity index (χ3v) is 2.64. The maximum Gasteiger partial charge on any atom is 0.122 e. The molecule has 0 fully saturated rings. The van der Waals surface area contributed by atoms with E-state index in [1.54, 1.807) is 0 Å². The van der Waals surface area contributed by atoms with Crippen LogP contribution in [0.1, 0.15) is 30.6 Å². The Morgan fingerprint density at radius 3 is 3.13 bits per heavy atom. The van der Waals surface area contributed by atoms with Crippen molar-refractivity contribution in [1.82, 2.24) is 0 Å². The van der Waals surface area contributed by atoms with Crippen molar-refractivity contribution >= 4 is 0 Å². The third-order valence-electron chi connectivity index (χ3n) is 2.64. The average Bonchev–Trinajstić information content (AvgIpc) is 2.62. The lowest BCUT2D eigenvalue weighted by Crippen LogP contribution is -1.98. The normalized spacial score (nSPS) is 15.6. The molecule has 1 atom stereocenters. The Morgan fingerprint density at radius 1 is 1.60 bits per heavy atom. The highest BCUT2D eigenvalue weighted by Gasteiger charge is 2.15. The first-order chi connectivity index (χ1) is 7.16. The first-order valence-electron chi connectivity index (χ1n) is 5.25. The van der Waals surface area contributed by atoms with E-state index in [-0.39, 0.29) is 0 Å². The molecule has 80 valence electrons. The number of aliphatic hydroxyl groups excluding tert-OH is 1. The molecule has 0 amide bonds. The Labute approximate surface area is 90.2 Å². The van der Waals surface area contributed by atoms with Crippen LogP contribution in [0.4, 0.5) is 0 Å². The van der Waals surface area contributed by atoms with E-state index < -0.39 is 6.10 Å². The monoisotopic (exact) mass is 204 g/mol. The minimum atomic E-state index is -0.437. The predicted molar refractivity (Wildman–Crippen MR) is 60.0 cm³/mol. The molecule has 1 N–H and O–H groups in total. The third kappa shape index (κ3) is 2.21. The van der Waals surface area contributed by atoms with Crippen LogP contribution in [0.3, 0.4) is 0 Å². The molecule has 1 unspecified atom stereocenters. The first kappa shape index (κ1) is 10.2. The van der Waals surface area contributed by atoms with Gasteiger partial charge in [0.2, 0.25) is 0 Å². The number of ether oxygens (including phenoxy) is 1. The second kappa shape index (κ2) is 4.07. The average molecular weight is 204 g/mol. The minimum absolute atomic E-state index is 0.437. The van der Waals surface area contributed by atoms with Gasteiger partial charge in [-0.2, -0.15) is 0 Å². The molecule has 0 aliphatic carbocycles. The minimum Gasteiger partial charge on any atom is -0.493 e. The zero-order chi connectivity index (χ0) is 10.8. The van der Waals surface area contributed by atoms with E-state index in [4.69, 9.17) is 4.74 Å². The molecule has 1 heterocycles. The summed E-state index contributed by atoms with van der Waals surface area (Å²) in [6.07, 6.45) is 1.14. The van der Waals surface area contributed by atoms with Crippen LogP contribution in [-0.4, -0.2) is 11.7 Å². The maximum atomic E-state index is 9.92. The Hall–Kier alpha value is -1.28. The second-order valence-electron chi connectivity index (χ2n) is 4.14. The summed E-state index contributed by atoms with van der Waals surface area (Å²) in [6, 6.07) is 5.91. The van der Waals surface area contributed by atoms with Crippen LogP contribution in [0, 0.1) is 0 Å². The lowest BCUT2D eigenvalue weighted by molar-refractivity contribution is 0.178. The fourth-order valence-corrected chi connectivity index (χ4v) is 1.86. The summed E-state index contributed by atoms with van der Waals surface area (Å²) >= 11 is 0. The van der Waals surface area contributed by atoms with Crippen molar-refractivity contribution < 1.29 is 9.84 Å². The number of aliphatic hydroxyl groups is 1. The highest BCUT2D eigenvalue weighted by Crippen LogP contribution is 2.29. The zero-order valence-electron chi connectivity index (χ0n) is 8.99. The number of benzene rings is 1. The van der Waals surface area contributed by atoms with Gasteiger partial charge in [-0.25, -0.2) is 0 Å². The van der Waals surface area contributed by atoms with Gasteiger partial charge >= 0.3 is 0 Å². The molecule has 1 aliphatic heterocycles. The summed E-state index contributed by atoms with van der Waals surface area (Å²) in [7, 11) is 0. The van der Waals surface area contributed by atoms with Gasteiger partial charge in [-0.3, -0.25) is 0 Å². The van der Waals surface area contributed by atoms with Crippen LogP contribution >= 0.6 is 0 Å². The van der Waals surface area contributed by atoms with Crippen molar-refractivity contribution in [1.29, 1.82) is 0 Å². The summed E-state index contributed by atoms with van der Waals surface area (Å²) in [5.41, 5.74) is 3.16. The Kier molecular flexibility index (Phi) is 2.78. The van der Waals surface area contributed by atoms with Crippen LogP contribution in [0.2, 0.25) is 0 Å². The molecule has 0 spiro atoms. The van der Waals surface area contributed by atoms with E-state index >= 15 is 0 Å². The van der Waals surface area contributed by atoms with E-state index in [1.807, 2.05) is 25.1 Å². The summed E-state index contributed by atoms with van der Waals surface area (Å²) < 4.78 is 5.42. The molecule has 2 nitrogen and oxygen atoms in total. The van der Waals surface area contributed by atoms with Gasteiger partial charge in [0, 0.05) is 6.42 Å². The lowest BCUT2D eigenvalue weighted by Gasteiger charge is -2.11. The van der Waals surface area contributed by atoms with E-state index in [1.165, 1.54) is 5.56 Å². The largest absolute Gasteiger partial charge is 0.493 e. The molecule has 1 aromatic rings. The van der Waals surface area contributed by atoms with Crippen molar-refractivity contribution in [2.45, 2.75) is 25.9 Å². The Bertz CT molecular complexity index is 382. The molecular weight excluding hydrogens is 188 g/mol. The highest BCUT2D eigenvalue weighted by atomic mass is 16.5. The topological polar surface area (TPSA) is 29.5 Å². The fraction of sp³-hybridized carbons (Fsp3) is 0.385. The van der Waals surface area contributed by atoms with Gasteiger partial charge in [-0.05, 0) is 36.6 Å². The molecule has 2 heteroatoms. The molecule has 2 rings (SSSR count). The molecule has 1 aromatic carbocycles. The van der Waals surface area contributed by atoms with Gasteiger partial charge in [0.15, 0.2) is 0 Å². The number of hydrogen-bond donors (Lipinski definition) is 1. The lowest BCUT2D eigenvalue weighted by atomic mass is 10.0. The summed E-state index contributed by atoms with van der Waals surface area (Å²) in [5, 5.41) is 9.92. The van der Waals surface area contributed by atoms with Crippen molar-refractivity contribution in [2.24, 2.45) is 0 Å². The SMILES string of the molecule is C=C(C)CC(O)c1ccc2c(c1)CCO2. The van der Waals surface area contributed by atoms with Crippen molar-refractivity contribution in [3.63, 3.8) is 0 Å². The molecule has 0 aromatic heterocycles. The van der Waals surface area contributed by atoms with E-state index in [9.17, 15) is 5.11 Å². The van der Waals surface area contributed by atoms with Crippen molar-refractivity contribution in [3.8, 4) is 5.75 Å². The zero-order valence-corrected chi connectivity index (χ0v) is 8.99. The van der Waals surface area contributed by atoms with Crippen LogP contribution < -0.4 is 4.74 Å². The molecule has 0 bridgehead atoms. The second-order valence-corrected chi connectivity index (χ2v) is 4.14. The van der Waals surface area contributed by atoms with Gasteiger partial charge in [0.1, 0.15) is 5.75 Å². The quantitative estimate of drug-likeness (QED) is 0.767. The van der Waals surface area contributed by atoms with Gasteiger partial charge < -0.3 is 9.84 Å². The highest BCUT2D eigenvalue weighted by molar-refractivity contribution is 5.40. The summed E-state index contributed by atoms with van der Waals surface area (Å²) in [5.74, 6) is 0.960. The predicted octanol–water partition coefficient (Wildman–Crippen LogP) is 2.62. The first-order valence-corrected chi connectivity index (χ1v) is 5.25. The molecule has 0 saturated carbocycles. The fourth-order valence-electron chi connectivity index (χ4n) is 1.86. The number of hydrogen-bond acceptors (Lipinski definition) is 2. The van der Waals surface area contributed by atoms with Gasteiger partial charge in [-0.15, -0.1) is 6.58 Å². The smallest absolute Gasteiger partial charge is 0.122 e. The Morgan fingerprint density at radius 2 is 2.40 bits per heavy atom. The molecule has 0 radical (unpaired) electrons. The molecule has 1 aliphatic rings. The van der Waals surface area contributed by atoms with E-state index in [0.29, 0.717) is 6.42 Å². The van der Waals surface area contributed by atoms with Crippen LogP contribution in [-0.2, 0) is 6.42 Å². The van der Waals surface area contributed by atoms with Crippen molar-refractivity contribution in [2.75, 3.05) is 6.61 Å². The van der Waals surface area contributed by atoms with Crippen LogP contribution in [0.15, 0.2) is 30.4 Å². The van der Waals surface area contributed by atoms with Crippen molar-refractivity contribution in [3.05, 3.63) is 41.5 Å². The number of fused-ring (bicyclic) bond motifs is 1. The van der Waals surface area contributed by atoms with E-state index in [0.717, 1.165) is 29.9 Å². The summed E-state index contributed by atoms with van der Waals surface area (Å²) in [6.45, 7) is 6.50.